The Bertz CT molecular complexity index is 1550. The van der Waals surface area contributed by atoms with Crippen LogP contribution in [0.1, 0.15) is 39.2 Å². The van der Waals surface area contributed by atoms with Gasteiger partial charge in [-0.2, -0.15) is 0 Å². The van der Waals surface area contributed by atoms with E-state index in [-0.39, 0.29) is 18.4 Å². The van der Waals surface area contributed by atoms with Crippen LogP contribution in [-0.2, 0) is 17.8 Å². The average molecular weight is 600 g/mol. The number of hydrogen-bond acceptors (Lipinski definition) is 6. The summed E-state index contributed by atoms with van der Waals surface area (Å²) in [5.74, 6) is 1.18. The fraction of sp³-hybridized carbons (Fsp3) is 0.371. The summed E-state index contributed by atoms with van der Waals surface area (Å²) in [5, 5.41) is 4.17. The second kappa shape index (κ2) is 14.5. The van der Waals surface area contributed by atoms with Crippen LogP contribution in [0.25, 0.3) is 10.8 Å². The van der Waals surface area contributed by atoms with Gasteiger partial charge in [0.2, 0.25) is 5.91 Å². The van der Waals surface area contributed by atoms with E-state index in [1.807, 2.05) is 65.6 Å². The number of ether oxygens (including phenoxy) is 2. The van der Waals surface area contributed by atoms with Gasteiger partial charge in [-0.3, -0.25) is 9.59 Å². The molecule has 5 rings (SSSR count). The molecule has 1 aliphatic rings. The summed E-state index contributed by atoms with van der Waals surface area (Å²) in [7, 11) is 3.25. The molecule has 0 radical (unpaired) electrons. The monoisotopic (exact) mass is 599 g/mol. The Labute approximate surface area is 258 Å². The standard InChI is InChI=1S/C35H41N3O4S/c1-26-15-21-43-33(26)24-37(18-14-27-10-13-31(41-2)32(22-27)42-3)34(39)25-38(20-19-36-16-6-7-17-36)35(40)30-12-11-28-8-4-5-9-29(28)23-30/h4-5,8-13,15,21-23H,6-7,14,16-20,24-25H2,1-3H3. The van der Waals surface area contributed by atoms with Crippen molar-refractivity contribution in [1.82, 2.24) is 14.7 Å². The highest BCUT2D eigenvalue weighted by atomic mass is 32.1. The zero-order chi connectivity index (χ0) is 30.2. The number of carbonyl (C=O) groups is 2. The summed E-state index contributed by atoms with van der Waals surface area (Å²) < 4.78 is 10.9. The summed E-state index contributed by atoms with van der Waals surface area (Å²) >= 11 is 1.66. The molecule has 3 aromatic carbocycles. The number of nitrogens with zero attached hydrogens (tertiary/aromatic N) is 3. The van der Waals surface area contributed by atoms with E-state index in [4.69, 9.17) is 9.47 Å². The number of rotatable bonds is 13. The van der Waals surface area contributed by atoms with Gasteiger partial charge in [0.05, 0.1) is 20.8 Å². The molecule has 2 heterocycles. The van der Waals surface area contributed by atoms with Crippen molar-refractivity contribution in [3.63, 3.8) is 0 Å². The molecule has 0 N–H and O–H groups in total. The molecule has 226 valence electrons. The van der Waals surface area contributed by atoms with Crippen molar-refractivity contribution in [2.24, 2.45) is 0 Å². The Morgan fingerprint density at radius 3 is 2.35 bits per heavy atom. The van der Waals surface area contributed by atoms with Crippen LogP contribution in [0.3, 0.4) is 0 Å². The molecule has 0 unspecified atom stereocenters. The van der Waals surface area contributed by atoms with Crippen molar-refractivity contribution in [2.75, 3.05) is 53.5 Å². The van der Waals surface area contributed by atoms with Crippen LogP contribution in [0, 0.1) is 6.92 Å². The molecule has 0 spiro atoms. The summed E-state index contributed by atoms with van der Waals surface area (Å²) in [6.07, 6.45) is 3.02. The first kappa shape index (κ1) is 30.6. The Hall–Kier alpha value is -3.88. The predicted octanol–water partition coefficient (Wildman–Crippen LogP) is 6.04. The van der Waals surface area contributed by atoms with Crippen LogP contribution < -0.4 is 9.47 Å². The van der Waals surface area contributed by atoms with Gasteiger partial charge in [-0.1, -0.05) is 36.4 Å². The number of hydrogen-bond donors (Lipinski definition) is 0. The smallest absolute Gasteiger partial charge is 0.254 e. The van der Waals surface area contributed by atoms with Gasteiger partial charge in [0, 0.05) is 30.1 Å². The highest BCUT2D eigenvalue weighted by Crippen LogP contribution is 2.28. The Balaban J connectivity index is 1.36. The first-order chi connectivity index (χ1) is 20.9. The summed E-state index contributed by atoms with van der Waals surface area (Å²) in [4.78, 5) is 35.2. The van der Waals surface area contributed by atoms with E-state index in [1.165, 1.54) is 18.4 Å². The lowest BCUT2D eigenvalue weighted by Crippen LogP contribution is -2.45. The maximum atomic E-state index is 14.1. The number of benzene rings is 3. The number of thiophene rings is 1. The predicted molar refractivity (Wildman–Crippen MR) is 173 cm³/mol. The van der Waals surface area contributed by atoms with Crippen LogP contribution in [-0.4, -0.2) is 80.0 Å². The molecule has 0 atom stereocenters. The van der Waals surface area contributed by atoms with Crippen molar-refractivity contribution >= 4 is 33.9 Å². The highest BCUT2D eigenvalue weighted by Gasteiger charge is 2.25. The van der Waals surface area contributed by atoms with Crippen molar-refractivity contribution in [2.45, 2.75) is 32.7 Å². The SMILES string of the molecule is COc1ccc(CCN(Cc2sccc2C)C(=O)CN(CCN2CCCC2)C(=O)c2ccc3ccccc3c2)cc1OC. The van der Waals surface area contributed by atoms with Gasteiger partial charge < -0.3 is 24.2 Å². The number of aryl methyl sites for hydroxylation is 1. The maximum absolute atomic E-state index is 14.1. The van der Waals surface area contributed by atoms with Crippen molar-refractivity contribution in [1.29, 1.82) is 0 Å². The molecule has 0 aliphatic carbocycles. The lowest BCUT2D eigenvalue weighted by Gasteiger charge is -2.29. The number of fused-ring (bicyclic) bond motifs is 1. The lowest BCUT2D eigenvalue weighted by molar-refractivity contribution is -0.132. The number of methoxy groups -OCH3 is 2. The summed E-state index contributed by atoms with van der Waals surface area (Å²) in [6.45, 7) is 6.52. The van der Waals surface area contributed by atoms with Crippen LogP contribution in [0.5, 0.6) is 11.5 Å². The molecule has 8 heteroatoms. The molecule has 1 aliphatic heterocycles. The van der Waals surface area contributed by atoms with E-state index in [0.717, 1.165) is 40.8 Å². The minimum atomic E-state index is -0.106. The molecule has 1 saturated heterocycles. The van der Waals surface area contributed by atoms with E-state index >= 15 is 0 Å². The van der Waals surface area contributed by atoms with E-state index in [1.54, 1.807) is 30.5 Å². The fourth-order valence-corrected chi connectivity index (χ4v) is 6.54. The summed E-state index contributed by atoms with van der Waals surface area (Å²) in [5.41, 5.74) is 2.84. The first-order valence-corrected chi connectivity index (χ1v) is 15.8. The quantitative estimate of drug-likeness (QED) is 0.188. The van der Waals surface area contributed by atoms with Gasteiger partial charge in [-0.05, 0) is 96.9 Å². The largest absolute Gasteiger partial charge is 0.493 e. The van der Waals surface area contributed by atoms with Crippen molar-refractivity contribution in [3.8, 4) is 11.5 Å². The molecule has 0 saturated carbocycles. The van der Waals surface area contributed by atoms with E-state index in [2.05, 4.69) is 23.3 Å². The van der Waals surface area contributed by atoms with Crippen LogP contribution in [0.2, 0.25) is 0 Å². The van der Waals surface area contributed by atoms with Gasteiger partial charge in [0.1, 0.15) is 6.54 Å². The second-order valence-electron chi connectivity index (χ2n) is 11.1. The fourth-order valence-electron chi connectivity index (χ4n) is 5.62. The maximum Gasteiger partial charge on any atom is 0.254 e. The van der Waals surface area contributed by atoms with E-state index in [9.17, 15) is 9.59 Å². The molecule has 1 fully saturated rings. The molecule has 4 aromatic rings. The molecule has 1 aromatic heterocycles. The minimum Gasteiger partial charge on any atom is -0.493 e. The molecule has 43 heavy (non-hydrogen) atoms. The Kier molecular flexibility index (Phi) is 10.3. The Morgan fingerprint density at radius 1 is 0.860 bits per heavy atom. The second-order valence-corrected chi connectivity index (χ2v) is 12.1. The average Bonchev–Trinajstić information content (AvgIpc) is 3.71. The van der Waals surface area contributed by atoms with E-state index in [0.29, 0.717) is 43.1 Å². The van der Waals surface area contributed by atoms with Crippen molar-refractivity contribution in [3.05, 3.63) is 93.7 Å². The first-order valence-electron chi connectivity index (χ1n) is 15.0. The topological polar surface area (TPSA) is 62.3 Å². The van der Waals surface area contributed by atoms with Crippen LogP contribution in [0.4, 0.5) is 0 Å². The number of likely N-dealkylation sites (tertiary alicyclic amines) is 1. The molecular formula is C35H41N3O4S. The summed E-state index contributed by atoms with van der Waals surface area (Å²) in [6, 6.07) is 21.8. The highest BCUT2D eigenvalue weighted by molar-refractivity contribution is 7.10. The van der Waals surface area contributed by atoms with E-state index < -0.39 is 0 Å². The minimum absolute atomic E-state index is 0.0376. The van der Waals surface area contributed by atoms with Gasteiger partial charge >= 0.3 is 0 Å². The van der Waals surface area contributed by atoms with Gasteiger partial charge in [-0.25, -0.2) is 0 Å². The molecular weight excluding hydrogens is 558 g/mol. The van der Waals surface area contributed by atoms with Gasteiger partial charge in [-0.15, -0.1) is 11.3 Å². The Morgan fingerprint density at radius 2 is 1.63 bits per heavy atom. The third-order valence-corrected chi connectivity index (χ3v) is 9.28. The van der Waals surface area contributed by atoms with Crippen molar-refractivity contribution < 1.29 is 19.1 Å². The third kappa shape index (κ3) is 7.75. The zero-order valence-electron chi connectivity index (χ0n) is 25.4. The molecule has 0 bridgehead atoms. The number of amides is 2. The molecule has 7 nitrogen and oxygen atoms in total. The third-order valence-electron chi connectivity index (χ3n) is 8.27. The van der Waals surface area contributed by atoms with Gasteiger partial charge in [0.25, 0.3) is 5.91 Å². The van der Waals surface area contributed by atoms with Crippen LogP contribution >= 0.6 is 11.3 Å². The normalized spacial score (nSPS) is 13.3. The van der Waals surface area contributed by atoms with Crippen LogP contribution in [0.15, 0.2) is 72.1 Å². The number of carbonyl (C=O) groups excluding carboxylic acids is 2. The zero-order valence-corrected chi connectivity index (χ0v) is 26.2. The van der Waals surface area contributed by atoms with Gasteiger partial charge in [0.15, 0.2) is 11.5 Å². The lowest BCUT2D eigenvalue weighted by atomic mass is 10.1. The molecule has 2 amide bonds.